The van der Waals surface area contributed by atoms with Crippen molar-refractivity contribution in [2.24, 2.45) is 5.73 Å². The van der Waals surface area contributed by atoms with Gasteiger partial charge in [0, 0.05) is 32.7 Å². The van der Waals surface area contributed by atoms with Crippen LogP contribution in [0.1, 0.15) is 45.0 Å². The van der Waals surface area contributed by atoms with Crippen molar-refractivity contribution in [2.75, 3.05) is 38.0 Å². The van der Waals surface area contributed by atoms with E-state index >= 15 is 0 Å². The van der Waals surface area contributed by atoms with E-state index in [4.69, 9.17) is 10.5 Å². The van der Waals surface area contributed by atoms with E-state index in [9.17, 15) is 14.4 Å². The number of thiophene rings is 1. The molecule has 0 radical (unpaired) electrons. The molecule has 3 aromatic rings. The number of nitrogens with two attached hydrogens (primary N) is 1. The quantitative estimate of drug-likeness (QED) is 0.450. The van der Waals surface area contributed by atoms with Crippen molar-refractivity contribution in [3.8, 4) is 0 Å². The van der Waals surface area contributed by atoms with Gasteiger partial charge in [0.15, 0.2) is 0 Å². The summed E-state index contributed by atoms with van der Waals surface area (Å²) in [6, 6.07) is 14.8. The molecule has 1 aliphatic rings. The lowest BCUT2D eigenvalue weighted by atomic mass is 10.0. The maximum atomic E-state index is 12.9. The van der Waals surface area contributed by atoms with Crippen molar-refractivity contribution >= 4 is 44.9 Å². The molecule has 2 amide bonds. The maximum Gasteiger partial charge on any atom is 0.341 e. The number of nitrogens with one attached hydrogen (secondary N) is 1. The van der Waals surface area contributed by atoms with Crippen LogP contribution >= 0.6 is 11.3 Å². The molecule has 1 aliphatic heterocycles. The van der Waals surface area contributed by atoms with Crippen LogP contribution in [0.25, 0.3) is 10.8 Å². The first-order valence-electron chi connectivity index (χ1n) is 12.1. The van der Waals surface area contributed by atoms with Gasteiger partial charge in [0.25, 0.3) is 5.91 Å². The smallest absolute Gasteiger partial charge is 0.341 e. The van der Waals surface area contributed by atoms with Crippen molar-refractivity contribution in [3.63, 3.8) is 0 Å². The van der Waals surface area contributed by atoms with Crippen LogP contribution in [-0.4, -0.2) is 66.4 Å². The third-order valence-electron chi connectivity index (χ3n) is 6.28. The fraction of sp³-hybridized carbons (Fsp3) is 0.370. The predicted molar refractivity (Wildman–Crippen MR) is 142 cm³/mol. The van der Waals surface area contributed by atoms with Crippen molar-refractivity contribution in [1.29, 1.82) is 0 Å². The molecule has 3 N–H and O–H groups in total. The summed E-state index contributed by atoms with van der Waals surface area (Å²) in [6.45, 7) is 9.42. The summed E-state index contributed by atoms with van der Waals surface area (Å²) in [7, 11) is 0. The van der Waals surface area contributed by atoms with Gasteiger partial charge in [-0.3, -0.25) is 19.4 Å². The van der Waals surface area contributed by atoms with E-state index in [-0.39, 0.29) is 29.0 Å². The molecule has 0 unspecified atom stereocenters. The largest absolute Gasteiger partial charge is 0.459 e. The number of carbonyl (C=O) groups is 3. The fourth-order valence-electron chi connectivity index (χ4n) is 4.50. The van der Waals surface area contributed by atoms with Crippen LogP contribution in [0.4, 0.5) is 5.00 Å². The number of anilines is 1. The molecule has 0 saturated carbocycles. The lowest BCUT2D eigenvalue weighted by Gasteiger charge is -2.34. The highest BCUT2D eigenvalue weighted by Gasteiger charge is 2.27. The van der Waals surface area contributed by atoms with Crippen molar-refractivity contribution < 1.29 is 19.1 Å². The van der Waals surface area contributed by atoms with Gasteiger partial charge in [0.05, 0.1) is 23.1 Å². The second kappa shape index (κ2) is 11.2. The van der Waals surface area contributed by atoms with Gasteiger partial charge >= 0.3 is 5.97 Å². The van der Waals surface area contributed by atoms with E-state index in [0.29, 0.717) is 10.6 Å². The number of amides is 2. The molecule has 9 heteroatoms. The number of piperazine rings is 1. The summed E-state index contributed by atoms with van der Waals surface area (Å²) >= 11 is 1.01. The second-order valence-corrected chi connectivity index (χ2v) is 10.3. The van der Waals surface area contributed by atoms with E-state index in [0.717, 1.165) is 44.1 Å². The van der Waals surface area contributed by atoms with Gasteiger partial charge in [-0.05, 0) is 42.7 Å². The summed E-state index contributed by atoms with van der Waals surface area (Å²) in [4.78, 5) is 42.1. The number of nitrogens with zero attached hydrogens (tertiary/aromatic N) is 2. The zero-order valence-electron chi connectivity index (χ0n) is 20.9. The van der Waals surface area contributed by atoms with Crippen LogP contribution in [-0.2, 0) is 16.1 Å². The molecule has 0 aliphatic carbocycles. The number of fused-ring (bicyclic) bond motifs is 1. The lowest BCUT2D eigenvalue weighted by molar-refractivity contribution is -0.117. The third-order valence-corrected chi connectivity index (χ3v) is 7.50. The fourth-order valence-corrected chi connectivity index (χ4v) is 5.56. The van der Waals surface area contributed by atoms with Crippen LogP contribution in [0, 0.1) is 6.92 Å². The zero-order chi connectivity index (χ0) is 25.8. The van der Waals surface area contributed by atoms with Crippen LogP contribution in [0.2, 0.25) is 0 Å². The van der Waals surface area contributed by atoms with E-state index < -0.39 is 11.9 Å². The van der Waals surface area contributed by atoms with Gasteiger partial charge in [0.2, 0.25) is 5.91 Å². The number of ether oxygens (including phenoxy) is 1. The summed E-state index contributed by atoms with van der Waals surface area (Å²) < 4.78 is 5.32. The Morgan fingerprint density at radius 1 is 1.03 bits per heavy atom. The monoisotopic (exact) mass is 508 g/mol. The molecule has 4 rings (SSSR count). The number of hydrogen-bond acceptors (Lipinski definition) is 7. The number of hydrogen-bond donors (Lipinski definition) is 2. The number of rotatable bonds is 8. The summed E-state index contributed by atoms with van der Waals surface area (Å²) in [5.41, 5.74) is 7.39. The molecule has 36 heavy (non-hydrogen) atoms. The first-order chi connectivity index (χ1) is 17.2. The van der Waals surface area contributed by atoms with E-state index in [2.05, 4.69) is 57.6 Å². The molecule has 1 aromatic heterocycles. The minimum atomic E-state index is -0.640. The minimum absolute atomic E-state index is 0.191. The molecule has 190 valence electrons. The number of esters is 1. The molecule has 0 atom stereocenters. The van der Waals surface area contributed by atoms with Gasteiger partial charge in [0.1, 0.15) is 5.00 Å². The summed E-state index contributed by atoms with van der Waals surface area (Å²) in [5, 5.41) is 5.63. The number of benzene rings is 2. The molecular formula is C27H32N4O4S. The Hall–Kier alpha value is -3.27. The van der Waals surface area contributed by atoms with Crippen LogP contribution < -0.4 is 11.1 Å². The molecule has 0 bridgehead atoms. The van der Waals surface area contributed by atoms with Crippen LogP contribution in [0.3, 0.4) is 0 Å². The van der Waals surface area contributed by atoms with Crippen molar-refractivity contribution in [1.82, 2.24) is 9.80 Å². The predicted octanol–water partition coefficient (Wildman–Crippen LogP) is 3.63. The molecule has 1 fully saturated rings. The van der Waals surface area contributed by atoms with Crippen LogP contribution in [0.15, 0.2) is 42.5 Å². The molecule has 2 aromatic carbocycles. The highest BCUT2D eigenvalue weighted by molar-refractivity contribution is 7.18. The molecule has 8 nitrogen and oxygen atoms in total. The number of primary amides is 1. The SMILES string of the molecule is Cc1c(C(N)=O)sc(NC(=O)CN2CCN(Cc3cccc4ccccc34)CC2)c1C(=O)OC(C)C. The first kappa shape index (κ1) is 25.8. The second-order valence-electron chi connectivity index (χ2n) is 9.32. The van der Waals surface area contributed by atoms with Gasteiger partial charge in [-0.25, -0.2) is 4.79 Å². The van der Waals surface area contributed by atoms with Crippen molar-refractivity contribution in [3.05, 3.63) is 64.0 Å². The van der Waals surface area contributed by atoms with E-state index in [1.165, 1.54) is 16.3 Å². The number of carbonyl (C=O) groups excluding carboxylic acids is 3. The summed E-state index contributed by atoms with van der Waals surface area (Å²) in [6.07, 6.45) is -0.331. The Morgan fingerprint density at radius 3 is 2.39 bits per heavy atom. The Labute approximate surface area is 215 Å². The topological polar surface area (TPSA) is 105 Å². The van der Waals surface area contributed by atoms with Crippen molar-refractivity contribution in [2.45, 2.75) is 33.4 Å². The average Bonchev–Trinajstić information content (AvgIpc) is 3.16. The molecule has 2 heterocycles. The molecule has 0 spiro atoms. The maximum absolute atomic E-state index is 12.9. The Balaban J connectivity index is 1.36. The Bertz CT molecular complexity index is 1270. The lowest BCUT2D eigenvalue weighted by Crippen LogP contribution is -2.48. The normalized spacial score (nSPS) is 14.8. The van der Waals surface area contributed by atoms with Crippen LogP contribution in [0.5, 0.6) is 0 Å². The van der Waals surface area contributed by atoms with Gasteiger partial charge in [-0.1, -0.05) is 42.5 Å². The average molecular weight is 509 g/mol. The molecular weight excluding hydrogens is 476 g/mol. The van der Waals surface area contributed by atoms with Gasteiger partial charge in [-0.15, -0.1) is 11.3 Å². The summed E-state index contributed by atoms with van der Waals surface area (Å²) in [5.74, 6) is -1.46. The van der Waals surface area contributed by atoms with Gasteiger partial charge in [-0.2, -0.15) is 0 Å². The van der Waals surface area contributed by atoms with E-state index in [1.807, 2.05) is 0 Å². The van der Waals surface area contributed by atoms with E-state index in [1.54, 1.807) is 20.8 Å². The minimum Gasteiger partial charge on any atom is -0.459 e. The third kappa shape index (κ3) is 5.92. The van der Waals surface area contributed by atoms with Gasteiger partial charge < -0.3 is 15.8 Å². The first-order valence-corrected chi connectivity index (χ1v) is 12.9. The zero-order valence-corrected chi connectivity index (χ0v) is 21.7. The highest BCUT2D eigenvalue weighted by Crippen LogP contribution is 2.33. The molecule has 1 saturated heterocycles. The standard InChI is InChI=1S/C27H32N4O4S/c1-17(2)35-27(34)23-18(3)24(25(28)33)36-26(23)29-22(32)16-31-13-11-30(12-14-31)15-20-9-6-8-19-7-4-5-10-21(19)20/h4-10,17H,11-16H2,1-3H3,(H2,28,33)(H,29,32). The Morgan fingerprint density at radius 2 is 1.69 bits per heavy atom. The highest BCUT2D eigenvalue weighted by atomic mass is 32.1. The Kier molecular flexibility index (Phi) is 8.03.